The molecule has 2 rings (SSSR count). The van der Waals surface area contributed by atoms with Crippen LogP contribution in [0.3, 0.4) is 0 Å². The highest BCUT2D eigenvalue weighted by molar-refractivity contribution is 5.90. The molecule has 1 aromatic rings. The Morgan fingerprint density at radius 1 is 1.20 bits per heavy atom. The van der Waals surface area contributed by atoms with Crippen molar-refractivity contribution in [2.24, 2.45) is 5.92 Å². The summed E-state index contributed by atoms with van der Waals surface area (Å²) in [7, 11) is 3.19. The topological polar surface area (TPSA) is 79.9 Å². The lowest BCUT2D eigenvalue weighted by Gasteiger charge is -2.37. The number of carbonyl (C=O) groups excluding carboxylic acids is 2. The van der Waals surface area contributed by atoms with Crippen LogP contribution in [-0.4, -0.2) is 56.8 Å². The molecule has 0 spiro atoms. The van der Waals surface area contributed by atoms with Crippen LogP contribution in [0.4, 0.5) is 10.5 Å². The van der Waals surface area contributed by atoms with Gasteiger partial charge in [-0.25, -0.2) is 4.79 Å². The maximum absolute atomic E-state index is 12.6. The van der Waals surface area contributed by atoms with Gasteiger partial charge in [-0.05, 0) is 44.0 Å². The Morgan fingerprint density at radius 2 is 1.92 bits per heavy atom. The molecular weight excluding hydrogens is 322 g/mol. The van der Waals surface area contributed by atoms with Crippen LogP contribution in [0.5, 0.6) is 5.75 Å². The van der Waals surface area contributed by atoms with E-state index in [4.69, 9.17) is 9.47 Å². The molecular formula is C18H27N3O4. The Bertz CT molecular complexity index is 576. The van der Waals surface area contributed by atoms with Crippen molar-refractivity contribution in [3.05, 3.63) is 24.3 Å². The average molecular weight is 349 g/mol. The SMILES string of the molecule is COCCNC(=O)[C@@H]1CC[C@@H](C)N(C(=O)Nc2ccc(OC)cc2)C1. The van der Waals surface area contributed by atoms with Gasteiger partial charge in [0.05, 0.1) is 19.6 Å². The molecule has 1 aromatic carbocycles. The molecule has 1 aliphatic heterocycles. The number of nitrogens with one attached hydrogen (secondary N) is 2. The second kappa shape index (κ2) is 9.27. The normalized spacial score (nSPS) is 20.0. The lowest BCUT2D eigenvalue weighted by atomic mass is 9.93. The smallest absolute Gasteiger partial charge is 0.322 e. The monoisotopic (exact) mass is 349 g/mol. The van der Waals surface area contributed by atoms with E-state index in [9.17, 15) is 9.59 Å². The van der Waals surface area contributed by atoms with Crippen molar-refractivity contribution in [1.82, 2.24) is 10.2 Å². The van der Waals surface area contributed by atoms with E-state index in [2.05, 4.69) is 10.6 Å². The van der Waals surface area contributed by atoms with Gasteiger partial charge in [0.2, 0.25) is 5.91 Å². The molecule has 0 saturated carbocycles. The van der Waals surface area contributed by atoms with Gasteiger partial charge >= 0.3 is 6.03 Å². The number of anilines is 1. The number of rotatable bonds is 6. The Morgan fingerprint density at radius 3 is 2.56 bits per heavy atom. The Balaban J connectivity index is 1.93. The fraction of sp³-hybridized carbons (Fsp3) is 0.556. The molecule has 3 amide bonds. The summed E-state index contributed by atoms with van der Waals surface area (Å²) >= 11 is 0. The van der Waals surface area contributed by atoms with E-state index in [0.29, 0.717) is 25.4 Å². The van der Waals surface area contributed by atoms with E-state index in [1.807, 2.05) is 6.92 Å². The summed E-state index contributed by atoms with van der Waals surface area (Å²) in [4.78, 5) is 26.6. The van der Waals surface area contributed by atoms with Gasteiger partial charge in [0.15, 0.2) is 0 Å². The first-order valence-electron chi connectivity index (χ1n) is 8.53. The molecule has 7 heteroatoms. The minimum atomic E-state index is -0.188. The quantitative estimate of drug-likeness (QED) is 0.771. The fourth-order valence-corrected chi connectivity index (χ4v) is 2.89. The Labute approximate surface area is 148 Å². The van der Waals surface area contributed by atoms with Gasteiger partial charge in [0, 0.05) is 31.9 Å². The molecule has 1 saturated heterocycles. The van der Waals surface area contributed by atoms with E-state index >= 15 is 0 Å². The van der Waals surface area contributed by atoms with Gasteiger partial charge in [-0.2, -0.15) is 0 Å². The van der Waals surface area contributed by atoms with E-state index in [1.54, 1.807) is 43.4 Å². The second-order valence-electron chi connectivity index (χ2n) is 6.22. The van der Waals surface area contributed by atoms with Gasteiger partial charge < -0.3 is 25.0 Å². The van der Waals surface area contributed by atoms with Gasteiger partial charge in [-0.1, -0.05) is 0 Å². The molecule has 7 nitrogen and oxygen atoms in total. The number of hydrogen-bond acceptors (Lipinski definition) is 4. The van der Waals surface area contributed by atoms with Crippen molar-refractivity contribution in [1.29, 1.82) is 0 Å². The predicted molar refractivity (Wildman–Crippen MR) is 95.8 cm³/mol. The third kappa shape index (κ3) is 5.35. The van der Waals surface area contributed by atoms with Gasteiger partial charge in [0.25, 0.3) is 0 Å². The minimum Gasteiger partial charge on any atom is -0.497 e. The van der Waals surface area contributed by atoms with Crippen molar-refractivity contribution in [3.8, 4) is 5.75 Å². The minimum absolute atomic E-state index is 0.0220. The highest BCUT2D eigenvalue weighted by Gasteiger charge is 2.32. The van der Waals surface area contributed by atoms with Crippen molar-refractivity contribution in [2.75, 3.05) is 39.2 Å². The standard InChI is InChI=1S/C18H27N3O4/c1-13-4-5-14(17(22)19-10-11-24-2)12-21(13)18(23)20-15-6-8-16(25-3)9-7-15/h6-9,13-14H,4-5,10-12H2,1-3H3,(H,19,22)(H,20,23)/t13-,14-/m1/s1. The average Bonchev–Trinajstić information content (AvgIpc) is 2.62. The molecule has 0 unspecified atom stereocenters. The van der Waals surface area contributed by atoms with Crippen molar-refractivity contribution in [2.45, 2.75) is 25.8 Å². The maximum Gasteiger partial charge on any atom is 0.322 e. The number of nitrogens with zero attached hydrogens (tertiary/aromatic N) is 1. The van der Waals surface area contributed by atoms with Crippen LogP contribution in [0, 0.1) is 5.92 Å². The van der Waals surface area contributed by atoms with E-state index in [0.717, 1.165) is 18.6 Å². The lowest BCUT2D eigenvalue weighted by molar-refractivity contribution is -0.126. The molecule has 0 aliphatic carbocycles. The number of carbonyl (C=O) groups is 2. The number of hydrogen-bond donors (Lipinski definition) is 2. The highest BCUT2D eigenvalue weighted by atomic mass is 16.5. The second-order valence-corrected chi connectivity index (χ2v) is 6.22. The molecule has 25 heavy (non-hydrogen) atoms. The first-order chi connectivity index (χ1) is 12.0. The first kappa shape index (κ1) is 19.1. The number of methoxy groups -OCH3 is 2. The Hall–Kier alpha value is -2.28. The fourth-order valence-electron chi connectivity index (χ4n) is 2.89. The number of likely N-dealkylation sites (tertiary alicyclic amines) is 1. The summed E-state index contributed by atoms with van der Waals surface area (Å²) in [6.45, 7) is 3.39. The number of amides is 3. The summed E-state index contributed by atoms with van der Waals surface area (Å²) in [6, 6.07) is 7.08. The number of urea groups is 1. The Kier molecular flexibility index (Phi) is 7.06. The molecule has 0 bridgehead atoms. The van der Waals surface area contributed by atoms with Crippen LogP contribution in [0.1, 0.15) is 19.8 Å². The van der Waals surface area contributed by atoms with Crippen molar-refractivity contribution < 1.29 is 19.1 Å². The third-order valence-corrected chi connectivity index (χ3v) is 4.46. The molecule has 2 atom stereocenters. The van der Waals surface area contributed by atoms with Gasteiger partial charge in [0.1, 0.15) is 5.75 Å². The summed E-state index contributed by atoms with van der Waals surface area (Å²) in [5, 5.41) is 5.74. The molecule has 0 aromatic heterocycles. The van der Waals surface area contributed by atoms with Crippen LogP contribution >= 0.6 is 0 Å². The molecule has 0 radical (unpaired) electrons. The maximum atomic E-state index is 12.6. The van der Waals surface area contributed by atoms with Crippen LogP contribution in [0.15, 0.2) is 24.3 Å². The summed E-state index contributed by atoms with van der Waals surface area (Å²) in [6.07, 6.45) is 1.59. The number of ether oxygens (including phenoxy) is 2. The largest absolute Gasteiger partial charge is 0.497 e. The van der Waals surface area contributed by atoms with Crippen LogP contribution in [0.2, 0.25) is 0 Å². The number of benzene rings is 1. The molecule has 1 heterocycles. The van der Waals surface area contributed by atoms with Gasteiger partial charge in [-0.15, -0.1) is 0 Å². The zero-order chi connectivity index (χ0) is 18.2. The van der Waals surface area contributed by atoms with E-state index in [-0.39, 0.29) is 23.9 Å². The van der Waals surface area contributed by atoms with Crippen molar-refractivity contribution in [3.63, 3.8) is 0 Å². The summed E-state index contributed by atoms with van der Waals surface area (Å²) < 4.78 is 10.1. The summed E-state index contributed by atoms with van der Waals surface area (Å²) in [5.41, 5.74) is 0.699. The predicted octanol–water partition coefficient (Wildman–Crippen LogP) is 2.09. The first-order valence-corrected chi connectivity index (χ1v) is 8.53. The van der Waals surface area contributed by atoms with Crippen molar-refractivity contribution >= 4 is 17.6 Å². The van der Waals surface area contributed by atoms with Crippen LogP contribution < -0.4 is 15.4 Å². The van der Waals surface area contributed by atoms with Crippen LogP contribution in [0.25, 0.3) is 0 Å². The van der Waals surface area contributed by atoms with Gasteiger partial charge in [-0.3, -0.25) is 4.79 Å². The van der Waals surface area contributed by atoms with E-state index in [1.165, 1.54) is 0 Å². The van der Waals surface area contributed by atoms with Crippen LogP contribution in [-0.2, 0) is 9.53 Å². The van der Waals surface area contributed by atoms with E-state index < -0.39 is 0 Å². The molecule has 138 valence electrons. The lowest BCUT2D eigenvalue weighted by Crippen LogP contribution is -2.51. The molecule has 1 fully saturated rings. The molecule has 2 N–H and O–H groups in total. The highest BCUT2D eigenvalue weighted by Crippen LogP contribution is 2.23. The zero-order valence-electron chi connectivity index (χ0n) is 15.1. The number of piperidine rings is 1. The third-order valence-electron chi connectivity index (χ3n) is 4.46. The molecule has 1 aliphatic rings. The zero-order valence-corrected chi connectivity index (χ0v) is 15.1. The summed E-state index contributed by atoms with van der Waals surface area (Å²) in [5.74, 6) is 0.526.